The molecule has 0 spiro atoms. The summed E-state index contributed by atoms with van der Waals surface area (Å²) in [5.74, 6) is 0. The molecular formula is C62H44N2. The van der Waals surface area contributed by atoms with E-state index in [9.17, 15) is 0 Å². The molecule has 0 saturated heterocycles. The number of hydrogen-bond donors (Lipinski definition) is 0. The Kier molecular flexibility index (Phi) is 8.71. The summed E-state index contributed by atoms with van der Waals surface area (Å²) in [6, 6.07) is 74.8. The van der Waals surface area contributed by atoms with Gasteiger partial charge in [0.15, 0.2) is 0 Å². The number of aromatic nitrogens is 1. The van der Waals surface area contributed by atoms with Crippen molar-refractivity contribution < 1.29 is 0 Å². The van der Waals surface area contributed by atoms with Gasteiger partial charge in [0.05, 0.1) is 22.4 Å². The summed E-state index contributed by atoms with van der Waals surface area (Å²) in [6.07, 6.45) is 4.46. The van der Waals surface area contributed by atoms with Gasteiger partial charge in [-0.05, 0) is 102 Å². The Balaban J connectivity index is 1.06. The summed E-state index contributed by atoms with van der Waals surface area (Å²) >= 11 is 0. The molecule has 2 heterocycles. The van der Waals surface area contributed by atoms with Gasteiger partial charge in [-0.1, -0.05) is 208 Å². The lowest BCUT2D eigenvalue weighted by molar-refractivity contribution is 0.660. The third-order valence-corrected chi connectivity index (χ3v) is 13.5. The lowest BCUT2D eigenvalue weighted by Gasteiger charge is -2.21. The molecule has 0 atom stereocenters. The highest BCUT2D eigenvalue weighted by molar-refractivity contribution is 6.23. The van der Waals surface area contributed by atoms with Crippen LogP contribution in [0.4, 0.5) is 0 Å². The molecule has 64 heavy (non-hydrogen) atoms. The SMILES string of the molecule is C=C1C=C(n2c3cc(-c4cccc(-c5cccc6c5-c5ccccc5C6(C)C)c4)ccc3c3c4ccccc4ccc32)C=C(c2ccc(-c3ccccc3)cc2)N=C1c1ccccc1. The van der Waals surface area contributed by atoms with Crippen LogP contribution in [0.15, 0.2) is 236 Å². The molecule has 1 aromatic heterocycles. The van der Waals surface area contributed by atoms with Crippen LogP contribution in [0.25, 0.3) is 88.5 Å². The van der Waals surface area contributed by atoms with Gasteiger partial charge in [-0.15, -0.1) is 0 Å². The summed E-state index contributed by atoms with van der Waals surface area (Å²) in [5, 5.41) is 4.88. The predicted molar refractivity (Wildman–Crippen MR) is 272 cm³/mol. The van der Waals surface area contributed by atoms with E-state index in [-0.39, 0.29) is 5.41 Å². The van der Waals surface area contributed by atoms with Gasteiger partial charge in [0.2, 0.25) is 0 Å². The zero-order valence-corrected chi connectivity index (χ0v) is 35.9. The predicted octanol–water partition coefficient (Wildman–Crippen LogP) is 16.2. The van der Waals surface area contributed by atoms with Crippen molar-refractivity contribution in [1.29, 1.82) is 0 Å². The van der Waals surface area contributed by atoms with Gasteiger partial charge in [0.25, 0.3) is 0 Å². The second-order valence-electron chi connectivity index (χ2n) is 17.6. The van der Waals surface area contributed by atoms with Crippen LogP contribution >= 0.6 is 0 Å². The topological polar surface area (TPSA) is 17.3 Å². The first-order chi connectivity index (χ1) is 31.4. The highest BCUT2D eigenvalue weighted by Gasteiger charge is 2.36. The Labute approximate surface area is 374 Å². The molecule has 0 radical (unpaired) electrons. The van der Waals surface area contributed by atoms with Crippen molar-refractivity contribution in [1.82, 2.24) is 4.57 Å². The van der Waals surface area contributed by atoms with Crippen molar-refractivity contribution in [3.05, 3.63) is 253 Å². The van der Waals surface area contributed by atoms with Crippen LogP contribution in [-0.4, -0.2) is 10.3 Å². The van der Waals surface area contributed by atoms with Crippen LogP contribution in [0.3, 0.4) is 0 Å². The highest BCUT2D eigenvalue weighted by atomic mass is 15.0. The normalized spacial score (nSPS) is 14.2. The van der Waals surface area contributed by atoms with Crippen molar-refractivity contribution in [3.8, 4) is 44.5 Å². The van der Waals surface area contributed by atoms with E-state index in [1.807, 2.05) is 6.07 Å². The summed E-state index contributed by atoms with van der Waals surface area (Å²) in [4.78, 5) is 5.43. The third kappa shape index (κ3) is 6.06. The molecule has 9 aromatic carbocycles. The lowest BCUT2D eigenvalue weighted by atomic mass is 9.82. The monoisotopic (exact) mass is 816 g/mol. The van der Waals surface area contributed by atoms with Gasteiger partial charge < -0.3 is 4.57 Å². The zero-order valence-electron chi connectivity index (χ0n) is 35.9. The maximum absolute atomic E-state index is 5.43. The van der Waals surface area contributed by atoms with Crippen LogP contribution in [-0.2, 0) is 5.41 Å². The van der Waals surface area contributed by atoms with Crippen LogP contribution in [0, 0.1) is 0 Å². The summed E-state index contributed by atoms with van der Waals surface area (Å²) in [7, 11) is 0. The average Bonchev–Trinajstić information content (AvgIpc) is 3.73. The fraction of sp³-hybridized carbons (Fsp3) is 0.0484. The van der Waals surface area contributed by atoms with E-state index in [4.69, 9.17) is 4.99 Å². The van der Waals surface area contributed by atoms with Gasteiger partial charge in [-0.3, -0.25) is 0 Å². The van der Waals surface area contributed by atoms with Crippen molar-refractivity contribution in [3.63, 3.8) is 0 Å². The van der Waals surface area contributed by atoms with E-state index in [0.29, 0.717) is 0 Å². The lowest BCUT2D eigenvalue weighted by Crippen LogP contribution is -2.14. The summed E-state index contributed by atoms with van der Waals surface area (Å²) in [6.45, 7) is 9.38. The van der Waals surface area contributed by atoms with Crippen LogP contribution in [0.2, 0.25) is 0 Å². The summed E-state index contributed by atoms with van der Waals surface area (Å²) in [5.41, 5.74) is 20.5. The fourth-order valence-electron chi connectivity index (χ4n) is 10.3. The van der Waals surface area contributed by atoms with Gasteiger partial charge in [0.1, 0.15) is 0 Å². The molecule has 0 fully saturated rings. The molecule has 2 heteroatoms. The molecule has 0 unspecified atom stereocenters. The number of rotatable bonds is 6. The molecule has 2 nitrogen and oxygen atoms in total. The van der Waals surface area contributed by atoms with Crippen molar-refractivity contribution >= 4 is 49.7 Å². The van der Waals surface area contributed by atoms with Gasteiger partial charge >= 0.3 is 0 Å². The average molecular weight is 817 g/mol. The van der Waals surface area contributed by atoms with Crippen molar-refractivity contribution in [2.24, 2.45) is 4.99 Å². The van der Waals surface area contributed by atoms with E-state index in [1.54, 1.807) is 0 Å². The van der Waals surface area contributed by atoms with Crippen molar-refractivity contribution in [2.45, 2.75) is 19.3 Å². The molecule has 1 aliphatic carbocycles. The summed E-state index contributed by atoms with van der Waals surface area (Å²) < 4.78 is 2.43. The Morgan fingerprint density at radius 2 is 1.05 bits per heavy atom. The Hall–Kier alpha value is -8.07. The first-order valence-corrected chi connectivity index (χ1v) is 22.1. The Morgan fingerprint density at radius 3 is 1.88 bits per heavy atom. The number of fused-ring (bicyclic) bond motifs is 8. The van der Waals surface area contributed by atoms with E-state index >= 15 is 0 Å². The molecule has 0 bridgehead atoms. The minimum atomic E-state index is -0.0625. The van der Waals surface area contributed by atoms with Crippen LogP contribution in [0.1, 0.15) is 36.1 Å². The van der Waals surface area contributed by atoms with E-state index in [0.717, 1.165) is 50.4 Å². The van der Waals surface area contributed by atoms with Gasteiger partial charge in [-0.25, -0.2) is 4.99 Å². The Bertz CT molecular complexity index is 3610. The smallest absolute Gasteiger partial charge is 0.0776 e. The molecule has 12 rings (SSSR count). The van der Waals surface area contributed by atoms with E-state index in [2.05, 4.69) is 237 Å². The first kappa shape index (κ1) is 37.7. The highest BCUT2D eigenvalue weighted by Crippen LogP contribution is 2.52. The zero-order chi connectivity index (χ0) is 42.9. The molecule has 10 aromatic rings. The molecule has 0 amide bonds. The van der Waals surface area contributed by atoms with Crippen molar-refractivity contribution in [2.75, 3.05) is 0 Å². The molecule has 1 aliphatic heterocycles. The maximum atomic E-state index is 5.43. The number of aliphatic imine (C=N–C) groups is 1. The third-order valence-electron chi connectivity index (χ3n) is 13.5. The quantitative estimate of drug-likeness (QED) is 0.159. The number of nitrogens with zero attached hydrogens (tertiary/aromatic N) is 2. The number of allylic oxidation sites excluding steroid dienone is 4. The van der Waals surface area contributed by atoms with Crippen LogP contribution in [0.5, 0.6) is 0 Å². The first-order valence-electron chi connectivity index (χ1n) is 22.1. The minimum absolute atomic E-state index is 0.0625. The second kappa shape index (κ2) is 14.8. The number of hydrogen-bond acceptors (Lipinski definition) is 1. The molecule has 302 valence electrons. The van der Waals surface area contributed by atoms with Gasteiger partial charge in [0, 0.05) is 33.0 Å². The van der Waals surface area contributed by atoms with Gasteiger partial charge in [-0.2, -0.15) is 0 Å². The molecule has 0 saturated carbocycles. The molecular weight excluding hydrogens is 773 g/mol. The standard InChI is InChI=1S/C62H44N2/c1-40-36-49(39-56(63-61(40)45-19-8-5-9-20-45)44-30-28-42(29-31-44)41-16-6-4-7-17-41)64-57-35-33-43-18-10-11-23-50(43)60(57)53-34-32-47(38-58(53)64)46-21-14-22-48(37-46)51-25-15-27-55-59(51)52-24-12-13-26-54(52)62(55,2)3/h4-39H,1H2,2-3H3. The van der Waals surface area contributed by atoms with Crippen LogP contribution < -0.4 is 0 Å². The Morgan fingerprint density at radius 1 is 0.438 bits per heavy atom. The second-order valence-corrected chi connectivity index (χ2v) is 17.6. The molecule has 0 N–H and O–H groups in total. The molecule has 2 aliphatic rings. The fourth-order valence-corrected chi connectivity index (χ4v) is 10.3. The largest absolute Gasteiger partial charge is 0.309 e. The maximum Gasteiger partial charge on any atom is 0.0776 e. The minimum Gasteiger partial charge on any atom is -0.309 e. The number of benzene rings is 9. The van der Waals surface area contributed by atoms with E-state index in [1.165, 1.54) is 71.6 Å². The van der Waals surface area contributed by atoms with E-state index < -0.39 is 0 Å².